The zero-order valence-electron chi connectivity index (χ0n) is 34.1. The highest BCUT2D eigenvalue weighted by Crippen LogP contribution is 2.42. The molecule has 3 N–H and O–H groups in total. The van der Waals surface area contributed by atoms with Crippen LogP contribution in [-0.4, -0.2) is 72.9 Å². The van der Waals surface area contributed by atoms with Crippen molar-refractivity contribution in [2.45, 2.75) is 37.3 Å². The number of nitriles is 2. The van der Waals surface area contributed by atoms with Gasteiger partial charge in [-0.05, 0) is 97.7 Å². The van der Waals surface area contributed by atoms with Gasteiger partial charge in [-0.3, -0.25) is 19.4 Å². The highest BCUT2D eigenvalue weighted by molar-refractivity contribution is 6.08. The number of anilines is 2. The number of nitrogens with zero attached hydrogens (tertiary/aromatic N) is 6. The first-order valence-electron chi connectivity index (χ1n) is 20.4. The van der Waals surface area contributed by atoms with E-state index in [1.165, 1.54) is 58.3 Å². The highest BCUT2D eigenvalue weighted by Gasteiger charge is 2.47. The van der Waals surface area contributed by atoms with Gasteiger partial charge in [0.2, 0.25) is 0 Å². The summed E-state index contributed by atoms with van der Waals surface area (Å²) in [6, 6.07) is 21.8. The Morgan fingerprint density at radius 2 is 0.969 bits per heavy atom. The average molecular weight is 894 g/mol. The normalized spacial score (nSPS) is 18.7. The fourth-order valence-electron chi connectivity index (χ4n) is 8.46. The van der Waals surface area contributed by atoms with Gasteiger partial charge in [0.15, 0.2) is 0 Å². The second-order valence-electron chi connectivity index (χ2n) is 15.6. The number of alkyl halides is 6. The van der Waals surface area contributed by atoms with Crippen LogP contribution in [0.2, 0.25) is 0 Å². The number of nitrogens with one attached hydrogen (secondary N) is 3. The van der Waals surface area contributed by atoms with Gasteiger partial charge < -0.3 is 25.8 Å². The Morgan fingerprint density at radius 3 is 1.32 bits per heavy atom. The van der Waals surface area contributed by atoms with Crippen LogP contribution in [0.25, 0.3) is 0 Å². The van der Waals surface area contributed by atoms with E-state index in [0.29, 0.717) is 48.2 Å². The summed E-state index contributed by atoms with van der Waals surface area (Å²) < 4.78 is 82.2. The largest absolute Gasteiger partial charge is 0.416 e. The standard InChI is InChI=1S/C46H37F6N9O4/c47-45(48,49)31-5-1-7-33(21-31)60-35-25-58(41(62)37(35)39(56-43(60)64)29-13-9-27(23-53)10-14-29)19-3-17-55-18-4-20-59-26-36-38(42(59)63)40(30-15-11-28(24-54)12-16-30)57-44(65)61(36)34-8-2-6-32(22-34)46(50,51)52/h1-2,5-16,21-22,39-40,55H,3-4,17-20,25-26H2,(H,56,64)(H,57,65). The van der Waals surface area contributed by atoms with E-state index >= 15 is 0 Å². The number of carbonyl (C=O) groups excluding carboxylic acids is 4. The van der Waals surface area contributed by atoms with Gasteiger partial charge in [-0.2, -0.15) is 36.9 Å². The molecule has 2 unspecified atom stereocenters. The molecule has 332 valence electrons. The molecule has 65 heavy (non-hydrogen) atoms. The van der Waals surface area contributed by atoms with E-state index in [1.54, 1.807) is 24.3 Å². The van der Waals surface area contributed by atoms with Crippen molar-refractivity contribution in [1.82, 2.24) is 25.8 Å². The van der Waals surface area contributed by atoms with Crippen molar-refractivity contribution in [3.63, 3.8) is 0 Å². The van der Waals surface area contributed by atoms with Crippen molar-refractivity contribution in [1.29, 1.82) is 10.5 Å². The first-order valence-corrected chi connectivity index (χ1v) is 20.4. The van der Waals surface area contributed by atoms with E-state index in [1.807, 2.05) is 12.1 Å². The van der Waals surface area contributed by atoms with Crippen LogP contribution in [0.1, 0.15) is 58.3 Å². The average Bonchev–Trinajstić information content (AvgIpc) is 3.79. The smallest absolute Gasteiger partial charge is 0.333 e. The van der Waals surface area contributed by atoms with E-state index in [9.17, 15) is 56.0 Å². The molecule has 0 radical (unpaired) electrons. The molecule has 4 heterocycles. The van der Waals surface area contributed by atoms with Crippen LogP contribution in [0.5, 0.6) is 0 Å². The van der Waals surface area contributed by atoms with Gasteiger partial charge in [-0.25, -0.2) is 9.59 Å². The summed E-state index contributed by atoms with van der Waals surface area (Å²) in [5.74, 6) is -0.830. The van der Waals surface area contributed by atoms with Gasteiger partial charge in [0.1, 0.15) is 0 Å². The first-order chi connectivity index (χ1) is 31.1. The van der Waals surface area contributed by atoms with E-state index < -0.39 is 59.4 Å². The molecule has 4 aliphatic heterocycles. The lowest BCUT2D eigenvalue weighted by Gasteiger charge is -2.34. The summed E-state index contributed by atoms with van der Waals surface area (Å²) in [5, 5.41) is 27.4. The second-order valence-corrected chi connectivity index (χ2v) is 15.6. The maximum Gasteiger partial charge on any atom is 0.416 e. The van der Waals surface area contributed by atoms with Gasteiger partial charge >= 0.3 is 24.4 Å². The Kier molecular flexibility index (Phi) is 11.8. The molecule has 4 aliphatic rings. The molecule has 0 aromatic heterocycles. The minimum atomic E-state index is -4.68. The van der Waals surface area contributed by atoms with Crippen molar-refractivity contribution in [3.05, 3.63) is 153 Å². The predicted molar refractivity (Wildman–Crippen MR) is 222 cm³/mol. The number of benzene rings is 4. The summed E-state index contributed by atoms with van der Waals surface area (Å²) in [6.07, 6.45) is -8.49. The van der Waals surface area contributed by atoms with Crippen molar-refractivity contribution >= 4 is 35.3 Å². The van der Waals surface area contributed by atoms with Crippen molar-refractivity contribution < 1.29 is 45.5 Å². The Morgan fingerprint density at radius 1 is 0.585 bits per heavy atom. The summed E-state index contributed by atoms with van der Waals surface area (Å²) >= 11 is 0. The third-order valence-corrected chi connectivity index (χ3v) is 11.6. The lowest BCUT2D eigenvalue weighted by Crippen LogP contribution is -2.47. The molecule has 6 amide bonds. The summed E-state index contributed by atoms with van der Waals surface area (Å²) in [6.45, 7) is 1.14. The van der Waals surface area contributed by atoms with E-state index in [0.717, 1.165) is 34.1 Å². The summed E-state index contributed by atoms with van der Waals surface area (Å²) in [5.41, 5.74) is 0.511. The van der Waals surface area contributed by atoms with Gasteiger partial charge in [0, 0.05) is 13.1 Å². The molecule has 4 aromatic rings. The van der Waals surface area contributed by atoms with E-state index in [-0.39, 0.29) is 60.1 Å². The zero-order valence-corrected chi connectivity index (χ0v) is 34.1. The molecule has 0 saturated heterocycles. The van der Waals surface area contributed by atoms with Crippen LogP contribution < -0.4 is 25.8 Å². The van der Waals surface area contributed by atoms with Crippen molar-refractivity contribution in [2.24, 2.45) is 0 Å². The molecule has 13 nitrogen and oxygen atoms in total. The maximum atomic E-state index is 14.0. The van der Waals surface area contributed by atoms with Gasteiger partial charge in [-0.15, -0.1) is 0 Å². The number of halogens is 6. The molecule has 0 bridgehead atoms. The van der Waals surface area contributed by atoms with Gasteiger partial charge in [-0.1, -0.05) is 36.4 Å². The molecule has 0 aliphatic carbocycles. The predicted octanol–water partition coefficient (Wildman–Crippen LogP) is 7.27. The van der Waals surface area contributed by atoms with E-state index in [4.69, 9.17) is 0 Å². The number of carbonyl (C=O) groups is 4. The minimum Gasteiger partial charge on any atom is -0.333 e. The molecular weight excluding hydrogens is 857 g/mol. The van der Waals surface area contributed by atoms with Gasteiger partial charge in [0.05, 0.1) is 93.5 Å². The Hall–Kier alpha value is -7.64. The quantitative estimate of drug-likeness (QED) is 0.0995. The molecule has 19 heteroatoms. The Bertz CT molecular complexity index is 2540. The Balaban J connectivity index is 0.918. The fraction of sp³-hybridized carbons (Fsp3) is 0.261. The topological polar surface area (TPSA) is 165 Å². The molecule has 0 spiro atoms. The van der Waals surface area contributed by atoms with Crippen LogP contribution in [0, 0.1) is 22.7 Å². The molecule has 0 saturated carbocycles. The number of hydrogen-bond donors (Lipinski definition) is 3. The fourth-order valence-corrected chi connectivity index (χ4v) is 8.46. The number of urea groups is 2. The number of amides is 6. The monoisotopic (exact) mass is 893 g/mol. The maximum absolute atomic E-state index is 14.0. The van der Waals surface area contributed by atoms with Crippen molar-refractivity contribution in [2.75, 3.05) is 49.1 Å². The van der Waals surface area contributed by atoms with Crippen LogP contribution in [0.3, 0.4) is 0 Å². The lowest BCUT2D eigenvalue weighted by atomic mass is 9.94. The first kappa shape index (κ1) is 44.0. The van der Waals surface area contributed by atoms with Crippen LogP contribution in [0.15, 0.2) is 120 Å². The van der Waals surface area contributed by atoms with Crippen molar-refractivity contribution in [3.8, 4) is 12.1 Å². The third-order valence-electron chi connectivity index (χ3n) is 11.6. The third kappa shape index (κ3) is 8.70. The number of rotatable bonds is 12. The molecular formula is C46H37F6N9O4. The number of hydrogen-bond acceptors (Lipinski definition) is 7. The Labute approximate surface area is 367 Å². The second kappa shape index (κ2) is 17.5. The molecule has 2 atom stereocenters. The van der Waals surface area contributed by atoms with Crippen LogP contribution in [-0.2, 0) is 21.9 Å². The highest BCUT2D eigenvalue weighted by atomic mass is 19.4. The minimum absolute atomic E-state index is 0.0578. The molecule has 4 aromatic carbocycles. The SMILES string of the molecule is N#Cc1ccc(C2NC(=O)N(c3cccc(C(F)(F)F)c3)C3=C2C(=O)N(CCCNCCCN2CC4=C(C2=O)C(c2ccc(C#N)cc2)NC(=O)N4c2cccc(C(F)(F)F)c2)C3)cc1. The van der Waals surface area contributed by atoms with Crippen LogP contribution >= 0.6 is 0 Å². The lowest BCUT2D eigenvalue weighted by molar-refractivity contribution is -0.138. The molecule has 8 rings (SSSR count). The molecule has 0 fully saturated rings. The summed E-state index contributed by atoms with van der Waals surface area (Å²) in [7, 11) is 0. The van der Waals surface area contributed by atoms with Gasteiger partial charge in [0.25, 0.3) is 11.8 Å². The van der Waals surface area contributed by atoms with Crippen LogP contribution in [0.4, 0.5) is 47.3 Å². The zero-order chi connectivity index (χ0) is 46.2. The summed E-state index contributed by atoms with van der Waals surface area (Å²) in [4.78, 5) is 60.5. The van der Waals surface area contributed by atoms with E-state index in [2.05, 4.69) is 16.0 Å².